The molecular formula is C24H38N4O4S. The number of sulfonamides is 1. The van der Waals surface area contributed by atoms with Gasteiger partial charge < -0.3 is 10.6 Å². The van der Waals surface area contributed by atoms with Crippen LogP contribution in [0.4, 0.5) is 5.69 Å². The molecule has 1 aromatic carbocycles. The fourth-order valence-electron chi connectivity index (χ4n) is 4.75. The molecule has 1 aliphatic heterocycles. The Morgan fingerprint density at radius 1 is 0.970 bits per heavy atom. The van der Waals surface area contributed by atoms with Crippen LogP contribution in [0.3, 0.4) is 0 Å². The van der Waals surface area contributed by atoms with E-state index in [1.165, 1.54) is 22.9 Å². The summed E-state index contributed by atoms with van der Waals surface area (Å²) in [6, 6.07) is 6.51. The van der Waals surface area contributed by atoms with Gasteiger partial charge in [-0.3, -0.25) is 14.5 Å². The number of rotatable bonds is 9. The first kappa shape index (κ1) is 25.6. The van der Waals surface area contributed by atoms with E-state index < -0.39 is 10.0 Å². The van der Waals surface area contributed by atoms with Crippen LogP contribution in [0.15, 0.2) is 29.2 Å². The number of amides is 2. The second-order valence-electron chi connectivity index (χ2n) is 9.06. The van der Waals surface area contributed by atoms with E-state index in [4.69, 9.17) is 0 Å². The van der Waals surface area contributed by atoms with Crippen LogP contribution >= 0.6 is 0 Å². The van der Waals surface area contributed by atoms with Gasteiger partial charge in [-0.05, 0) is 49.9 Å². The molecule has 2 N–H and O–H groups in total. The molecule has 9 heteroatoms. The minimum Gasteiger partial charge on any atom is -0.353 e. The topological polar surface area (TPSA) is 98.8 Å². The molecule has 2 fully saturated rings. The first-order valence-corrected chi connectivity index (χ1v) is 13.7. The maximum atomic E-state index is 12.6. The summed E-state index contributed by atoms with van der Waals surface area (Å²) in [7, 11) is -3.51. The number of piperidine rings is 1. The number of carbonyl (C=O) groups excluding carboxylic acids is 2. The van der Waals surface area contributed by atoms with Gasteiger partial charge in [0.2, 0.25) is 21.8 Å². The number of nitrogens with zero attached hydrogens (tertiary/aromatic N) is 2. The maximum absolute atomic E-state index is 12.6. The van der Waals surface area contributed by atoms with Gasteiger partial charge in [0.15, 0.2) is 0 Å². The highest BCUT2D eigenvalue weighted by atomic mass is 32.2. The lowest BCUT2D eigenvalue weighted by atomic mass is 9.88. The van der Waals surface area contributed by atoms with E-state index in [0.29, 0.717) is 18.8 Å². The quantitative estimate of drug-likeness (QED) is 0.569. The van der Waals surface area contributed by atoms with Gasteiger partial charge in [0.05, 0.1) is 11.4 Å². The molecule has 2 aliphatic rings. The minimum atomic E-state index is -3.51. The van der Waals surface area contributed by atoms with Crippen LogP contribution < -0.4 is 10.6 Å². The maximum Gasteiger partial charge on any atom is 0.243 e. The molecule has 1 aromatic rings. The van der Waals surface area contributed by atoms with Crippen molar-refractivity contribution in [1.29, 1.82) is 0 Å². The van der Waals surface area contributed by atoms with Crippen LogP contribution in [0.1, 0.15) is 58.8 Å². The van der Waals surface area contributed by atoms with Crippen molar-refractivity contribution in [3.05, 3.63) is 24.3 Å². The first-order chi connectivity index (χ1) is 15.8. The third-order valence-corrected chi connectivity index (χ3v) is 8.82. The molecule has 1 saturated carbocycles. The summed E-state index contributed by atoms with van der Waals surface area (Å²) in [6.45, 7) is 6.26. The number of benzene rings is 1. The number of likely N-dealkylation sites (tertiary alicyclic amines) is 1. The number of hydrogen-bond donors (Lipinski definition) is 2. The normalized spacial score (nSPS) is 18.9. The molecule has 184 valence electrons. The lowest BCUT2D eigenvalue weighted by Gasteiger charge is -2.33. The Bertz CT molecular complexity index is 886. The van der Waals surface area contributed by atoms with Gasteiger partial charge in [-0.25, -0.2) is 8.42 Å². The van der Waals surface area contributed by atoms with E-state index >= 15 is 0 Å². The average molecular weight is 479 g/mol. The Kier molecular flexibility index (Phi) is 9.28. The van der Waals surface area contributed by atoms with E-state index in [0.717, 1.165) is 51.6 Å². The predicted octanol–water partition coefficient (Wildman–Crippen LogP) is 2.82. The molecule has 0 unspecified atom stereocenters. The van der Waals surface area contributed by atoms with E-state index in [2.05, 4.69) is 15.5 Å². The van der Waals surface area contributed by atoms with Crippen LogP contribution in [-0.4, -0.2) is 68.2 Å². The smallest absolute Gasteiger partial charge is 0.243 e. The number of hydrogen-bond acceptors (Lipinski definition) is 5. The Morgan fingerprint density at radius 3 is 2.15 bits per heavy atom. The van der Waals surface area contributed by atoms with Crippen LogP contribution in [0.25, 0.3) is 0 Å². The van der Waals surface area contributed by atoms with Crippen molar-refractivity contribution in [3.63, 3.8) is 0 Å². The second kappa shape index (κ2) is 11.9. The summed E-state index contributed by atoms with van der Waals surface area (Å²) in [5, 5.41) is 6.07. The van der Waals surface area contributed by atoms with Gasteiger partial charge in [0.1, 0.15) is 0 Å². The molecule has 0 bridgehead atoms. The molecule has 0 radical (unpaired) electrons. The zero-order valence-corrected chi connectivity index (χ0v) is 20.7. The Morgan fingerprint density at radius 2 is 1.58 bits per heavy atom. The van der Waals surface area contributed by atoms with Crippen molar-refractivity contribution < 1.29 is 18.0 Å². The molecule has 1 saturated heterocycles. The zero-order chi connectivity index (χ0) is 23.8. The standard InChI is InChI=1S/C24H38N4O4S/c1-3-28(4-2)33(31,32)22-12-10-20(11-13-22)25-23(29)18-27-16-14-21(15-17-27)26-24(30)19-8-6-5-7-9-19/h10-13,19,21H,3-9,14-18H2,1-2H3,(H,25,29)(H,26,30). The summed E-state index contributed by atoms with van der Waals surface area (Å²) < 4.78 is 26.6. The fraction of sp³-hybridized carbons (Fsp3) is 0.667. The number of carbonyl (C=O) groups is 2. The van der Waals surface area contributed by atoms with E-state index in [-0.39, 0.29) is 35.2 Å². The highest BCUT2D eigenvalue weighted by molar-refractivity contribution is 7.89. The third kappa shape index (κ3) is 7.01. The fourth-order valence-corrected chi connectivity index (χ4v) is 6.20. The van der Waals surface area contributed by atoms with Gasteiger partial charge in [0, 0.05) is 43.8 Å². The molecule has 0 spiro atoms. The van der Waals surface area contributed by atoms with Crippen LogP contribution in [0, 0.1) is 5.92 Å². The summed E-state index contributed by atoms with van der Waals surface area (Å²) in [6.07, 6.45) is 7.26. The molecule has 33 heavy (non-hydrogen) atoms. The van der Waals surface area contributed by atoms with E-state index in [1.807, 2.05) is 13.8 Å². The Labute approximate surface area is 198 Å². The summed E-state index contributed by atoms with van der Waals surface area (Å²) in [5.41, 5.74) is 0.577. The third-order valence-electron chi connectivity index (χ3n) is 6.76. The highest BCUT2D eigenvalue weighted by Gasteiger charge is 2.26. The monoisotopic (exact) mass is 478 g/mol. The molecule has 2 amide bonds. The van der Waals surface area contributed by atoms with Crippen molar-refractivity contribution >= 4 is 27.5 Å². The van der Waals surface area contributed by atoms with Crippen molar-refractivity contribution in [2.45, 2.75) is 69.7 Å². The average Bonchev–Trinajstić information content (AvgIpc) is 2.82. The predicted molar refractivity (Wildman–Crippen MR) is 129 cm³/mol. The van der Waals surface area contributed by atoms with Crippen molar-refractivity contribution in [2.75, 3.05) is 38.0 Å². The Hall–Kier alpha value is -1.97. The molecule has 1 aliphatic carbocycles. The SMILES string of the molecule is CCN(CC)S(=O)(=O)c1ccc(NC(=O)CN2CCC(NC(=O)C3CCCCC3)CC2)cc1. The van der Waals surface area contributed by atoms with Crippen molar-refractivity contribution in [3.8, 4) is 0 Å². The van der Waals surface area contributed by atoms with Crippen molar-refractivity contribution in [1.82, 2.24) is 14.5 Å². The van der Waals surface area contributed by atoms with Gasteiger partial charge >= 0.3 is 0 Å². The van der Waals surface area contributed by atoms with E-state index in [1.54, 1.807) is 12.1 Å². The van der Waals surface area contributed by atoms with Gasteiger partial charge in [-0.2, -0.15) is 4.31 Å². The molecule has 0 aromatic heterocycles. The van der Waals surface area contributed by atoms with Gasteiger partial charge in [-0.1, -0.05) is 33.1 Å². The number of anilines is 1. The summed E-state index contributed by atoms with van der Waals surface area (Å²) in [5.74, 6) is 0.257. The summed E-state index contributed by atoms with van der Waals surface area (Å²) in [4.78, 5) is 27.3. The molecule has 0 atom stereocenters. The number of nitrogens with one attached hydrogen (secondary N) is 2. The van der Waals surface area contributed by atoms with Gasteiger partial charge in [-0.15, -0.1) is 0 Å². The van der Waals surface area contributed by atoms with Crippen LogP contribution in [0.5, 0.6) is 0 Å². The Balaban J connectivity index is 1.43. The van der Waals surface area contributed by atoms with Crippen LogP contribution in [-0.2, 0) is 19.6 Å². The lowest BCUT2D eigenvalue weighted by Crippen LogP contribution is -2.48. The molecule has 3 rings (SSSR count). The first-order valence-electron chi connectivity index (χ1n) is 12.3. The highest BCUT2D eigenvalue weighted by Crippen LogP contribution is 2.24. The largest absolute Gasteiger partial charge is 0.353 e. The molecular weight excluding hydrogens is 440 g/mol. The second-order valence-corrected chi connectivity index (χ2v) is 11.0. The lowest BCUT2D eigenvalue weighted by molar-refractivity contribution is -0.127. The summed E-state index contributed by atoms with van der Waals surface area (Å²) >= 11 is 0. The van der Waals surface area contributed by atoms with E-state index in [9.17, 15) is 18.0 Å². The minimum absolute atomic E-state index is 0.126. The van der Waals surface area contributed by atoms with Crippen molar-refractivity contribution in [2.24, 2.45) is 5.92 Å². The van der Waals surface area contributed by atoms with Gasteiger partial charge in [0.25, 0.3) is 0 Å². The van der Waals surface area contributed by atoms with Crippen LogP contribution in [0.2, 0.25) is 0 Å². The molecule has 1 heterocycles. The molecule has 8 nitrogen and oxygen atoms in total. The zero-order valence-electron chi connectivity index (χ0n) is 19.9.